The van der Waals surface area contributed by atoms with E-state index in [-0.39, 0.29) is 17.5 Å². The van der Waals surface area contributed by atoms with Gasteiger partial charge in [0.1, 0.15) is 11.6 Å². The number of aryl methyl sites for hydroxylation is 3. The van der Waals surface area contributed by atoms with Crippen molar-refractivity contribution in [1.82, 2.24) is 20.0 Å². The number of benzene rings is 2. The number of sulfonamides is 1. The van der Waals surface area contributed by atoms with Crippen LogP contribution in [-0.4, -0.2) is 67.6 Å². The zero-order valence-corrected chi connectivity index (χ0v) is 27.0. The Morgan fingerprint density at radius 2 is 1.64 bits per heavy atom. The number of anilines is 2. The highest BCUT2D eigenvalue weighted by Crippen LogP contribution is 2.24. The number of hydrogen-bond acceptors (Lipinski definition) is 9. The Morgan fingerprint density at radius 3 is 2.25 bits per heavy atom. The highest BCUT2D eigenvalue weighted by atomic mass is 32.2. The molecule has 1 atom stereocenters. The van der Waals surface area contributed by atoms with E-state index in [1.54, 1.807) is 77.3 Å². The third-order valence-corrected chi connectivity index (χ3v) is 8.97. The Balaban J connectivity index is 1.43. The fraction of sp³-hybridized carbons (Fsp3) is 0.438. The molecule has 1 aromatic heterocycles. The fourth-order valence-corrected chi connectivity index (χ4v) is 7.00. The van der Waals surface area contributed by atoms with Gasteiger partial charge in [0, 0.05) is 49.3 Å². The van der Waals surface area contributed by atoms with Gasteiger partial charge in [-0.2, -0.15) is 4.72 Å². The highest BCUT2D eigenvalue weighted by Gasteiger charge is 2.32. The lowest BCUT2D eigenvalue weighted by Gasteiger charge is -2.34. The Bertz CT molecular complexity index is 1560. The number of carbonyl (C=O) groups is 2. The molecule has 0 spiro atoms. The molecule has 0 saturated carbocycles. The second-order valence-corrected chi connectivity index (χ2v) is 13.8. The van der Waals surface area contributed by atoms with Gasteiger partial charge in [-0.3, -0.25) is 9.59 Å². The first kappa shape index (κ1) is 32.9. The standard InChI is InChI=1S/C32H42N6O5S/c1-21-17-22(2)28(23(3)18-21)44(41,42)37-27(30(40)43-32(4,5)6)20-35-29(39)24-9-7-10-26(19-24)38-15-11-25(12-16-38)36-31-33-13-8-14-34-31/h7-10,13-14,17-19,25,27,37H,11-12,15-16,20H2,1-6H3,(H,35,39)(H,33,34,36)/t27-/m0/s1. The first-order chi connectivity index (χ1) is 20.7. The van der Waals surface area contributed by atoms with Crippen molar-refractivity contribution in [3.05, 3.63) is 77.1 Å². The molecule has 0 radical (unpaired) electrons. The van der Waals surface area contributed by atoms with Crippen molar-refractivity contribution in [1.29, 1.82) is 0 Å². The van der Waals surface area contributed by atoms with Crippen LogP contribution in [0.3, 0.4) is 0 Å². The number of ether oxygens (including phenoxy) is 1. The Kier molecular flexibility index (Phi) is 10.3. The number of nitrogens with zero attached hydrogens (tertiary/aromatic N) is 3. The molecule has 0 aliphatic carbocycles. The molecule has 1 aliphatic heterocycles. The van der Waals surface area contributed by atoms with Crippen LogP contribution in [0.4, 0.5) is 11.6 Å². The second kappa shape index (κ2) is 13.7. The van der Waals surface area contributed by atoms with Gasteiger partial charge in [-0.25, -0.2) is 18.4 Å². The Labute approximate surface area is 259 Å². The summed E-state index contributed by atoms with van der Waals surface area (Å²) < 4.78 is 34.9. The monoisotopic (exact) mass is 622 g/mol. The molecule has 1 amide bonds. The van der Waals surface area contributed by atoms with Gasteiger partial charge >= 0.3 is 5.97 Å². The second-order valence-electron chi connectivity index (χ2n) is 12.2. The third kappa shape index (κ3) is 8.76. The topological polar surface area (TPSA) is 143 Å². The smallest absolute Gasteiger partial charge is 0.326 e. The molecular formula is C32H42N6O5S. The molecule has 11 nitrogen and oxygen atoms in total. The van der Waals surface area contributed by atoms with Crippen LogP contribution in [0.25, 0.3) is 0 Å². The van der Waals surface area contributed by atoms with Crippen LogP contribution in [0.2, 0.25) is 0 Å². The van der Waals surface area contributed by atoms with Crippen LogP contribution < -0.4 is 20.3 Å². The van der Waals surface area contributed by atoms with Gasteiger partial charge < -0.3 is 20.3 Å². The lowest BCUT2D eigenvalue weighted by atomic mass is 10.0. The maximum atomic E-state index is 13.5. The van der Waals surface area contributed by atoms with Crippen LogP contribution in [0, 0.1) is 20.8 Å². The average Bonchev–Trinajstić information content (AvgIpc) is 2.94. The zero-order chi connectivity index (χ0) is 32.1. The Hall–Kier alpha value is -4.03. The summed E-state index contributed by atoms with van der Waals surface area (Å²) in [7, 11) is -4.12. The van der Waals surface area contributed by atoms with E-state index in [1.807, 2.05) is 19.1 Å². The van der Waals surface area contributed by atoms with Crippen molar-refractivity contribution < 1.29 is 22.7 Å². The van der Waals surface area contributed by atoms with Crippen molar-refractivity contribution in [2.24, 2.45) is 0 Å². The molecule has 12 heteroatoms. The van der Waals surface area contributed by atoms with Crippen molar-refractivity contribution in [3.8, 4) is 0 Å². The summed E-state index contributed by atoms with van der Waals surface area (Å²) in [5.41, 5.74) is 2.50. The van der Waals surface area contributed by atoms with E-state index in [9.17, 15) is 18.0 Å². The third-order valence-electron chi connectivity index (χ3n) is 7.20. The maximum absolute atomic E-state index is 13.5. The maximum Gasteiger partial charge on any atom is 0.326 e. The summed E-state index contributed by atoms with van der Waals surface area (Å²) in [4.78, 5) is 37.2. The van der Waals surface area contributed by atoms with Gasteiger partial charge in [-0.15, -0.1) is 0 Å². The molecule has 0 unspecified atom stereocenters. The number of piperidine rings is 1. The molecule has 0 bridgehead atoms. The molecule has 3 aromatic rings. The van der Waals surface area contributed by atoms with Crippen molar-refractivity contribution >= 4 is 33.5 Å². The lowest BCUT2D eigenvalue weighted by molar-refractivity contribution is -0.156. The van der Waals surface area contributed by atoms with E-state index < -0.39 is 33.5 Å². The van der Waals surface area contributed by atoms with Gasteiger partial charge in [-0.1, -0.05) is 23.8 Å². The average molecular weight is 623 g/mol. The number of rotatable bonds is 10. The van der Waals surface area contributed by atoms with Gasteiger partial charge in [0.2, 0.25) is 16.0 Å². The predicted octanol–water partition coefficient (Wildman–Crippen LogP) is 3.90. The minimum Gasteiger partial charge on any atom is -0.459 e. The van der Waals surface area contributed by atoms with E-state index in [1.165, 1.54) is 0 Å². The van der Waals surface area contributed by atoms with Crippen molar-refractivity contribution in [2.75, 3.05) is 29.9 Å². The molecule has 1 aliphatic rings. The first-order valence-electron chi connectivity index (χ1n) is 14.7. The van der Waals surface area contributed by atoms with Gasteiger partial charge in [0.15, 0.2) is 0 Å². The predicted molar refractivity (Wildman–Crippen MR) is 170 cm³/mol. The fourth-order valence-electron chi connectivity index (χ4n) is 5.36. The van der Waals surface area contributed by atoms with E-state index in [2.05, 4.69) is 30.2 Å². The number of esters is 1. The molecule has 4 rings (SSSR count). The zero-order valence-electron chi connectivity index (χ0n) is 26.2. The normalized spacial score (nSPS) is 15.0. The van der Waals surface area contributed by atoms with Gasteiger partial charge in [0.05, 0.1) is 4.90 Å². The molecule has 3 N–H and O–H groups in total. The molecule has 2 aromatic carbocycles. The molecule has 44 heavy (non-hydrogen) atoms. The van der Waals surface area contributed by atoms with E-state index in [0.29, 0.717) is 22.6 Å². The van der Waals surface area contributed by atoms with Crippen molar-refractivity contribution in [3.63, 3.8) is 0 Å². The number of carbonyl (C=O) groups excluding carboxylic acids is 2. The lowest BCUT2D eigenvalue weighted by Crippen LogP contribution is -2.50. The van der Waals surface area contributed by atoms with Gasteiger partial charge in [0.25, 0.3) is 5.91 Å². The van der Waals surface area contributed by atoms with E-state index in [4.69, 9.17) is 4.74 Å². The quantitative estimate of drug-likeness (QED) is 0.287. The van der Waals surface area contributed by atoms with E-state index in [0.717, 1.165) is 37.2 Å². The number of nitrogens with one attached hydrogen (secondary N) is 3. The Morgan fingerprint density at radius 1 is 1.00 bits per heavy atom. The molecule has 1 saturated heterocycles. The van der Waals surface area contributed by atoms with Gasteiger partial charge in [-0.05, 0) is 89.8 Å². The van der Waals surface area contributed by atoms with Crippen LogP contribution in [-0.2, 0) is 19.6 Å². The van der Waals surface area contributed by atoms with Crippen molar-refractivity contribution in [2.45, 2.75) is 77.0 Å². The van der Waals surface area contributed by atoms with E-state index >= 15 is 0 Å². The minimum atomic E-state index is -4.12. The van der Waals surface area contributed by atoms with Crippen LogP contribution >= 0.6 is 0 Å². The first-order valence-corrected chi connectivity index (χ1v) is 16.2. The molecular weight excluding hydrogens is 580 g/mol. The van der Waals surface area contributed by atoms with Crippen LogP contribution in [0.15, 0.2) is 59.8 Å². The summed E-state index contributed by atoms with van der Waals surface area (Å²) >= 11 is 0. The molecule has 2 heterocycles. The SMILES string of the molecule is Cc1cc(C)c(S(=O)(=O)N[C@@H](CNC(=O)c2cccc(N3CCC(Nc4ncccn4)CC3)c2)C(=O)OC(C)(C)C)c(C)c1. The number of amides is 1. The number of hydrogen-bond donors (Lipinski definition) is 3. The summed E-state index contributed by atoms with van der Waals surface area (Å²) in [6, 6.07) is 11.5. The number of aromatic nitrogens is 2. The van der Waals surface area contributed by atoms with Crippen LogP contribution in [0.1, 0.15) is 60.7 Å². The summed E-state index contributed by atoms with van der Waals surface area (Å²) in [5, 5.41) is 6.10. The molecule has 236 valence electrons. The highest BCUT2D eigenvalue weighted by molar-refractivity contribution is 7.89. The summed E-state index contributed by atoms with van der Waals surface area (Å²) in [6.45, 7) is 11.7. The largest absolute Gasteiger partial charge is 0.459 e. The van der Waals surface area contributed by atoms with Crippen LogP contribution in [0.5, 0.6) is 0 Å². The molecule has 1 fully saturated rings. The summed E-state index contributed by atoms with van der Waals surface area (Å²) in [6.07, 6.45) is 5.17. The summed E-state index contributed by atoms with van der Waals surface area (Å²) in [5.74, 6) is -0.601. The minimum absolute atomic E-state index is 0.103.